The van der Waals surface area contributed by atoms with Crippen molar-refractivity contribution in [1.29, 1.82) is 0 Å². The first-order chi connectivity index (χ1) is 9.83. The molecule has 2 aliphatic heterocycles. The summed E-state index contributed by atoms with van der Waals surface area (Å²) in [5.74, 6) is 1.72. The van der Waals surface area contributed by atoms with Crippen LogP contribution in [0.3, 0.4) is 0 Å². The molecule has 112 valence electrons. The Morgan fingerprint density at radius 3 is 2.70 bits per heavy atom. The van der Waals surface area contributed by atoms with Gasteiger partial charge in [0.25, 0.3) is 0 Å². The van der Waals surface area contributed by atoms with Crippen LogP contribution in [-0.4, -0.2) is 47.9 Å². The van der Waals surface area contributed by atoms with Crippen LogP contribution in [0.5, 0.6) is 0 Å². The van der Waals surface area contributed by atoms with E-state index in [1.54, 1.807) is 0 Å². The zero-order valence-electron chi connectivity index (χ0n) is 12.0. The van der Waals surface area contributed by atoms with E-state index in [1.807, 2.05) is 0 Å². The second kappa shape index (κ2) is 6.65. The van der Waals surface area contributed by atoms with Gasteiger partial charge in [0.2, 0.25) is 5.89 Å². The molecule has 0 spiro atoms. The normalized spacial score (nSPS) is 23.9. The molecule has 2 fully saturated rings. The number of rotatable bonds is 4. The number of aromatic nitrogens is 2. The molecule has 1 aromatic heterocycles. The molecule has 1 aromatic rings. The summed E-state index contributed by atoms with van der Waals surface area (Å²) in [7, 11) is 0. The highest BCUT2D eigenvalue weighted by Gasteiger charge is 2.24. The van der Waals surface area contributed by atoms with Crippen LogP contribution < -0.4 is 5.73 Å². The Bertz CT molecular complexity index is 411. The first kappa shape index (κ1) is 14.0. The van der Waals surface area contributed by atoms with Crippen molar-refractivity contribution in [3.8, 4) is 0 Å². The molecule has 0 radical (unpaired) electrons. The number of likely N-dealkylation sites (tertiary alicyclic amines) is 1. The van der Waals surface area contributed by atoms with Crippen LogP contribution in [0.2, 0.25) is 0 Å². The Balaban J connectivity index is 1.57. The molecule has 1 atom stereocenters. The second-order valence-corrected chi connectivity index (χ2v) is 5.85. The molecule has 2 aliphatic rings. The fourth-order valence-corrected chi connectivity index (χ4v) is 3.01. The minimum absolute atomic E-state index is 0.148. The van der Waals surface area contributed by atoms with Crippen LogP contribution in [0.25, 0.3) is 0 Å². The minimum Gasteiger partial charge on any atom is -0.381 e. The molecule has 3 rings (SSSR count). The highest BCUT2D eigenvalue weighted by Crippen LogP contribution is 2.26. The topological polar surface area (TPSA) is 77.4 Å². The molecule has 6 heteroatoms. The number of ether oxygens (including phenoxy) is 1. The maximum atomic E-state index is 6.22. The van der Waals surface area contributed by atoms with Gasteiger partial charge < -0.3 is 19.9 Å². The van der Waals surface area contributed by atoms with Gasteiger partial charge in [0.05, 0.1) is 6.04 Å². The van der Waals surface area contributed by atoms with Gasteiger partial charge in [-0.05, 0) is 38.8 Å². The molecular weight excluding hydrogens is 256 g/mol. The fourth-order valence-electron chi connectivity index (χ4n) is 3.01. The van der Waals surface area contributed by atoms with Gasteiger partial charge >= 0.3 is 0 Å². The van der Waals surface area contributed by atoms with Crippen molar-refractivity contribution in [2.75, 3.05) is 32.8 Å². The molecule has 0 saturated carbocycles. The summed E-state index contributed by atoms with van der Waals surface area (Å²) in [6.07, 6.45) is 5.80. The standard InChI is InChI=1S/C14H24N4O2/c15-12(10-18-6-2-1-3-7-18)13-16-14(20-17-13)11-4-8-19-9-5-11/h11-12H,1-10,15H2. The van der Waals surface area contributed by atoms with Crippen LogP contribution in [0.1, 0.15) is 55.8 Å². The predicted octanol–water partition coefficient (Wildman–Crippen LogP) is 1.45. The van der Waals surface area contributed by atoms with Gasteiger partial charge in [-0.3, -0.25) is 0 Å². The van der Waals surface area contributed by atoms with Gasteiger partial charge in [-0.25, -0.2) is 0 Å². The Morgan fingerprint density at radius 2 is 1.95 bits per heavy atom. The summed E-state index contributed by atoms with van der Waals surface area (Å²) in [4.78, 5) is 6.92. The molecule has 1 unspecified atom stereocenters. The van der Waals surface area contributed by atoms with Crippen molar-refractivity contribution in [2.24, 2.45) is 5.73 Å². The molecule has 2 saturated heterocycles. The Kier molecular flexibility index (Phi) is 4.65. The summed E-state index contributed by atoms with van der Waals surface area (Å²) >= 11 is 0. The Hall–Kier alpha value is -0.980. The fraction of sp³-hybridized carbons (Fsp3) is 0.857. The first-order valence-electron chi connectivity index (χ1n) is 7.72. The second-order valence-electron chi connectivity index (χ2n) is 5.85. The van der Waals surface area contributed by atoms with E-state index < -0.39 is 0 Å². The minimum atomic E-state index is -0.148. The third-order valence-corrected chi connectivity index (χ3v) is 4.26. The lowest BCUT2D eigenvalue weighted by atomic mass is 10.0. The summed E-state index contributed by atoms with van der Waals surface area (Å²) < 4.78 is 10.8. The third-order valence-electron chi connectivity index (χ3n) is 4.26. The molecule has 0 aromatic carbocycles. The molecule has 2 N–H and O–H groups in total. The largest absolute Gasteiger partial charge is 0.381 e. The number of nitrogens with two attached hydrogens (primary N) is 1. The quantitative estimate of drug-likeness (QED) is 0.899. The molecule has 3 heterocycles. The van der Waals surface area contributed by atoms with Gasteiger partial charge in [0.1, 0.15) is 0 Å². The van der Waals surface area contributed by atoms with Crippen LogP contribution in [0.15, 0.2) is 4.52 Å². The van der Waals surface area contributed by atoms with Crippen molar-refractivity contribution < 1.29 is 9.26 Å². The van der Waals surface area contributed by atoms with Gasteiger partial charge in [-0.2, -0.15) is 4.98 Å². The summed E-state index contributed by atoms with van der Waals surface area (Å²) in [6.45, 7) is 4.66. The lowest BCUT2D eigenvalue weighted by molar-refractivity contribution is 0.0778. The zero-order chi connectivity index (χ0) is 13.8. The van der Waals surface area contributed by atoms with Gasteiger partial charge in [0.15, 0.2) is 5.82 Å². The van der Waals surface area contributed by atoms with Gasteiger partial charge in [-0.1, -0.05) is 11.6 Å². The molecule has 0 aliphatic carbocycles. The van der Waals surface area contributed by atoms with Crippen LogP contribution in [0, 0.1) is 0 Å². The number of hydrogen-bond acceptors (Lipinski definition) is 6. The first-order valence-corrected chi connectivity index (χ1v) is 7.72. The smallest absolute Gasteiger partial charge is 0.229 e. The highest BCUT2D eigenvalue weighted by molar-refractivity contribution is 4.99. The SMILES string of the molecule is NC(CN1CCCCC1)c1noc(C2CCOCC2)n1. The van der Waals surface area contributed by atoms with Crippen LogP contribution >= 0.6 is 0 Å². The van der Waals surface area contributed by atoms with E-state index in [0.717, 1.165) is 51.6 Å². The van der Waals surface area contributed by atoms with E-state index in [0.29, 0.717) is 11.7 Å². The molecule has 20 heavy (non-hydrogen) atoms. The van der Waals surface area contributed by atoms with Gasteiger partial charge in [-0.15, -0.1) is 0 Å². The van der Waals surface area contributed by atoms with E-state index in [-0.39, 0.29) is 6.04 Å². The zero-order valence-corrected chi connectivity index (χ0v) is 12.0. The maximum absolute atomic E-state index is 6.22. The van der Waals surface area contributed by atoms with E-state index in [9.17, 15) is 0 Å². The lowest BCUT2D eigenvalue weighted by Crippen LogP contribution is -2.36. The average Bonchev–Trinajstić information content (AvgIpc) is 2.99. The Morgan fingerprint density at radius 1 is 1.20 bits per heavy atom. The van der Waals surface area contributed by atoms with Crippen molar-refractivity contribution in [1.82, 2.24) is 15.0 Å². The molecule has 0 amide bonds. The molecular formula is C14H24N4O2. The van der Waals surface area contributed by atoms with Crippen LogP contribution in [0.4, 0.5) is 0 Å². The van der Waals surface area contributed by atoms with Crippen molar-refractivity contribution in [3.63, 3.8) is 0 Å². The van der Waals surface area contributed by atoms with Crippen molar-refractivity contribution in [3.05, 3.63) is 11.7 Å². The number of hydrogen-bond donors (Lipinski definition) is 1. The summed E-state index contributed by atoms with van der Waals surface area (Å²) in [6, 6.07) is -0.148. The van der Waals surface area contributed by atoms with E-state index in [4.69, 9.17) is 15.0 Å². The van der Waals surface area contributed by atoms with E-state index in [2.05, 4.69) is 15.0 Å². The average molecular weight is 280 g/mol. The monoisotopic (exact) mass is 280 g/mol. The molecule has 6 nitrogen and oxygen atoms in total. The summed E-state index contributed by atoms with van der Waals surface area (Å²) in [5.41, 5.74) is 6.22. The van der Waals surface area contributed by atoms with Gasteiger partial charge in [0, 0.05) is 25.7 Å². The van der Waals surface area contributed by atoms with Crippen molar-refractivity contribution in [2.45, 2.75) is 44.1 Å². The van der Waals surface area contributed by atoms with Crippen molar-refractivity contribution >= 4 is 0 Å². The predicted molar refractivity (Wildman–Crippen MR) is 74.3 cm³/mol. The third kappa shape index (κ3) is 3.37. The number of nitrogens with zero attached hydrogens (tertiary/aromatic N) is 3. The number of piperidine rings is 1. The lowest BCUT2D eigenvalue weighted by Gasteiger charge is -2.27. The van der Waals surface area contributed by atoms with E-state index in [1.165, 1.54) is 19.3 Å². The molecule has 0 bridgehead atoms. The highest BCUT2D eigenvalue weighted by atomic mass is 16.5. The van der Waals surface area contributed by atoms with E-state index >= 15 is 0 Å². The maximum Gasteiger partial charge on any atom is 0.229 e. The Labute approximate surface area is 119 Å². The van der Waals surface area contributed by atoms with Crippen LogP contribution in [-0.2, 0) is 4.74 Å². The summed E-state index contributed by atoms with van der Waals surface area (Å²) in [5, 5.41) is 4.08.